The molecule has 1 aromatic heterocycles. The van der Waals surface area contributed by atoms with Gasteiger partial charge < -0.3 is 10.3 Å². The van der Waals surface area contributed by atoms with Crippen LogP contribution in [0.1, 0.15) is 26.6 Å². The van der Waals surface area contributed by atoms with Gasteiger partial charge in [-0.05, 0) is 12.1 Å². The largest absolute Gasteiger partial charge is 0.396 e. The summed E-state index contributed by atoms with van der Waals surface area (Å²) in [6.07, 6.45) is 0. The lowest BCUT2D eigenvalue weighted by molar-refractivity contribution is 0.425. The Kier molecular flexibility index (Phi) is 3.80. The second-order valence-electron chi connectivity index (χ2n) is 5.12. The van der Waals surface area contributed by atoms with E-state index >= 15 is 0 Å². The van der Waals surface area contributed by atoms with Crippen molar-refractivity contribution in [2.45, 2.75) is 31.3 Å². The first-order valence-electron chi connectivity index (χ1n) is 5.88. The van der Waals surface area contributed by atoms with Gasteiger partial charge in [0, 0.05) is 4.75 Å². The first kappa shape index (κ1) is 13.9. The van der Waals surface area contributed by atoms with E-state index in [2.05, 4.69) is 30.9 Å². The van der Waals surface area contributed by atoms with Gasteiger partial charge in [-0.15, -0.1) is 11.8 Å². The Bertz CT molecular complexity index is 578. The highest BCUT2D eigenvalue weighted by molar-refractivity contribution is 7.99. The van der Waals surface area contributed by atoms with Crippen molar-refractivity contribution in [3.63, 3.8) is 0 Å². The molecule has 0 unspecified atom stereocenters. The van der Waals surface area contributed by atoms with Crippen molar-refractivity contribution >= 4 is 17.4 Å². The van der Waals surface area contributed by atoms with E-state index in [1.165, 1.54) is 6.07 Å². The van der Waals surface area contributed by atoms with Crippen LogP contribution in [0.3, 0.4) is 0 Å². The number of benzene rings is 1. The molecule has 0 fully saturated rings. The third-order valence-electron chi connectivity index (χ3n) is 2.39. The number of halogens is 1. The zero-order valence-electron chi connectivity index (χ0n) is 11.1. The molecule has 0 aliphatic heterocycles. The maximum Gasteiger partial charge on any atom is 0.260 e. The highest BCUT2D eigenvalue weighted by atomic mass is 32.2. The van der Waals surface area contributed by atoms with Crippen molar-refractivity contribution in [1.29, 1.82) is 0 Å². The second-order valence-corrected chi connectivity index (χ2v) is 6.92. The molecule has 0 aliphatic rings. The van der Waals surface area contributed by atoms with E-state index in [-0.39, 0.29) is 16.3 Å². The van der Waals surface area contributed by atoms with Gasteiger partial charge in [0.1, 0.15) is 5.82 Å². The standard InChI is InChI=1S/C13H16FN3OS/c1-13(2,3)19-7-10-16-12(18-17-10)8-5-4-6-9(14)11(8)15/h4-6H,7,15H2,1-3H3. The Morgan fingerprint density at radius 2 is 2.11 bits per heavy atom. The average Bonchev–Trinajstić information content (AvgIpc) is 2.78. The van der Waals surface area contributed by atoms with E-state index < -0.39 is 5.82 Å². The summed E-state index contributed by atoms with van der Waals surface area (Å²) in [5, 5.41) is 3.88. The Labute approximate surface area is 115 Å². The fourth-order valence-corrected chi connectivity index (χ4v) is 2.11. The van der Waals surface area contributed by atoms with Crippen LogP contribution in [0.5, 0.6) is 0 Å². The van der Waals surface area contributed by atoms with Gasteiger partial charge in [-0.1, -0.05) is 32.0 Å². The second kappa shape index (κ2) is 5.21. The minimum Gasteiger partial charge on any atom is -0.396 e. The van der Waals surface area contributed by atoms with Crippen LogP contribution in [0.25, 0.3) is 11.5 Å². The molecule has 102 valence electrons. The summed E-state index contributed by atoms with van der Waals surface area (Å²) in [6, 6.07) is 4.52. The van der Waals surface area contributed by atoms with Gasteiger partial charge in [0.15, 0.2) is 5.82 Å². The molecule has 2 aromatic rings. The first-order valence-corrected chi connectivity index (χ1v) is 6.86. The molecule has 0 spiro atoms. The molecule has 1 heterocycles. The number of thioether (sulfide) groups is 1. The summed E-state index contributed by atoms with van der Waals surface area (Å²) in [4.78, 5) is 4.24. The van der Waals surface area contributed by atoms with Crippen molar-refractivity contribution in [2.75, 3.05) is 5.73 Å². The lowest BCUT2D eigenvalue weighted by atomic mass is 10.2. The van der Waals surface area contributed by atoms with Gasteiger partial charge in [-0.3, -0.25) is 0 Å². The minimum atomic E-state index is -0.485. The smallest absolute Gasteiger partial charge is 0.260 e. The molecular formula is C13H16FN3OS. The van der Waals surface area contributed by atoms with Gasteiger partial charge in [-0.2, -0.15) is 4.98 Å². The van der Waals surface area contributed by atoms with Crippen LogP contribution in [0, 0.1) is 5.82 Å². The van der Waals surface area contributed by atoms with E-state index in [9.17, 15) is 4.39 Å². The van der Waals surface area contributed by atoms with Crippen molar-refractivity contribution in [3.8, 4) is 11.5 Å². The molecule has 0 saturated heterocycles. The number of anilines is 1. The summed E-state index contributed by atoms with van der Waals surface area (Å²) in [7, 11) is 0. The zero-order chi connectivity index (χ0) is 14.0. The molecule has 0 bridgehead atoms. The van der Waals surface area contributed by atoms with E-state index in [0.29, 0.717) is 17.1 Å². The van der Waals surface area contributed by atoms with Gasteiger partial charge in [0.2, 0.25) is 0 Å². The van der Waals surface area contributed by atoms with Crippen LogP contribution in [-0.4, -0.2) is 14.9 Å². The lowest BCUT2D eigenvalue weighted by Gasteiger charge is -2.15. The highest BCUT2D eigenvalue weighted by Crippen LogP contribution is 2.29. The highest BCUT2D eigenvalue weighted by Gasteiger charge is 2.16. The first-order chi connectivity index (χ1) is 8.87. The number of nitrogen functional groups attached to an aromatic ring is 1. The minimum absolute atomic E-state index is 0.0289. The molecule has 0 aliphatic carbocycles. The van der Waals surface area contributed by atoms with E-state index in [4.69, 9.17) is 10.3 Å². The third kappa shape index (κ3) is 3.47. The molecule has 2 N–H and O–H groups in total. The van der Waals surface area contributed by atoms with Crippen LogP contribution in [0.15, 0.2) is 22.7 Å². The average molecular weight is 281 g/mol. The summed E-state index contributed by atoms with van der Waals surface area (Å²) in [5.74, 6) is 0.990. The Morgan fingerprint density at radius 1 is 1.37 bits per heavy atom. The van der Waals surface area contributed by atoms with Crippen molar-refractivity contribution < 1.29 is 8.91 Å². The molecule has 19 heavy (non-hydrogen) atoms. The molecule has 0 saturated carbocycles. The van der Waals surface area contributed by atoms with E-state index in [1.807, 2.05) is 0 Å². The predicted molar refractivity (Wildman–Crippen MR) is 75.2 cm³/mol. The van der Waals surface area contributed by atoms with E-state index in [1.54, 1.807) is 23.9 Å². The van der Waals surface area contributed by atoms with Crippen LogP contribution < -0.4 is 5.73 Å². The molecule has 0 amide bonds. The number of rotatable bonds is 3. The SMILES string of the molecule is CC(C)(C)SCc1noc(-c2cccc(F)c2N)n1. The number of hydrogen-bond acceptors (Lipinski definition) is 5. The van der Waals surface area contributed by atoms with Gasteiger partial charge in [0.05, 0.1) is 17.0 Å². The van der Waals surface area contributed by atoms with Crippen molar-refractivity contribution in [3.05, 3.63) is 29.8 Å². The zero-order valence-corrected chi connectivity index (χ0v) is 11.9. The normalized spacial score (nSPS) is 11.8. The van der Waals surface area contributed by atoms with Crippen LogP contribution in [0.4, 0.5) is 10.1 Å². The predicted octanol–water partition coefficient (Wildman–Crippen LogP) is 3.49. The number of hydrogen-bond donors (Lipinski definition) is 1. The molecule has 6 heteroatoms. The van der Waals surface area contributed by atoms with Crippen molar-refractivity contribution in [2.24, 2.45) is 0 Å². The summed E-state index contributed by atoms with van der Waals surface area (Å²) >= 11 is 1.71. The number of aromatic nitrogens is 2. The Morgan fingerprint density at radius 3 is 2.79 bits per heavy atom. The molecule has 2 rings (SSSR count). The molecule has 1 aromatic carbocycles. The van der Waals surface area contributed by atoms with Gasteiger partial charge >= 0.3 is 0 Å². The molecular weight excluding hydrogens is 265 g/mol. The van der Waals surface area contributed by atoms with Crippen LogP contribution >= 0.6 is 11.8 Å². The third-order valence-corrected chi connectivity index (χ3v) is 3.65. The quantitative estimate of drug-likeness (QED) is 0.872. The lowest BCUT2D eigenvalue weighted by Crippen LogP contribution is -2.07. The summed E-state index contributed by atoms with van der Waals surface area (Å²) in [6.45, 7) is 6.34. The summed E-state index contributed by atoms with van der Waals surface area (Å²) < 4.78 is 18.6. The summed E-state index contributed by atoms with van der Waals surface area (Å²) in [5.41, 5.74) is 6.12. The number of para-hydroxylation sites is 1. The number of nitrogens with two attached hydrogens (primary N) is 1. The maximum atomic E-state index is 13.4. The Balaban J connectivity index is 2.19. The van der Waals surface area contributed by atoms with Crippen molar-refractivity contribution in [1.82, 2.24) is 10.1 Å². The molecule has 4 nitrogen and oxygen atoms in total. The van der Waals surface area contributed by atoms with Gasteiger partial charge in [-0.25, -0.2) is 4.39 Å². The molecule has 0 atom stereocenters. The number of nitrogens with zero attached hydrogens (tertiary/aromatic N) is 2. The van der Waals surface area contributed by atoms with Gasteiger partial charge in [0.25, 0.3) is 5.89 Å². The Hall–Kier alpha value is -1.56. The van der Waals surface area contributed by atoms with Crippen LogP contribution in [0.2, 0.25) is 0 Å². The topological polar surface area (TPSA) is 64.9 Å². The van der Waals surface area contributed by atoms with E-state index in [0.717, 1.165) is 0 Å². The van der Waals surface area contributed by atoms with Crippen LogP contribution in [-0.2, 0) is 5.75 Å². The monoisotopic (exact) mass is 281 g/mol. The fourth-order valence-electron chi connectivity index (χ4n) is 1.43. The molecule has 0 radical (unpaired) electrons. The maximum absolute atomic E-state index is 13.4. The fraction of sp³-hybridized carbons (Fsp3) is 0.385.